The minimum absolute atomic E-state index is 0.250. The van der Waals surface area contributed by atoms with E-state index in [1.54, 1.807) is 35.3 Å². The Morgan fingerprint density at radius 1 is 1.27 bits per heavy atom. The van der Waals surface area contributed by atoms with Gasteiger partial charge < -0.3 is 11.1 Å². The molecule has 0 fully saturated rings. The summed E-state index contributed by atoms with van der Waals surface area (Å²) in [5.41, 5.74) is 8.24. The smallest absolute Gasteiger partial charge is 0.278 e. The summed E-state index contributed by atoms with van der Waals surface area (Å²) in [6.45, 7) is 4.86. The van der Waals surface area contributed by atoms with Gasteiger partial charge in [-0.25, -0.2) is 4.57 Å². The summed E-state index contributed by atoms with van der Waals surface area (Å²) in [5, 5.41) is 3.20. The highest BCUT2D eigenvalue weighted by Gasteiger charge is 2.24. The molecule has 4 aromatic rings. The molecule has 0 unspecified atom stereocenters. The van der Waals surface area contributed by atoms with Crippen LogP contribution in [0.2, 0.25) is 0 Å². The zero-order valence-corrected chi connectivity index (χ0v) is 16.9. The van der Waals surface area contributed by atoms with E-state index in [4.69, 9.17) is 5.73 Å². The number of hydrogen-bond donors (Lipinski definition) is 2. The summed E-state index contributed by atoms with van der Waals surface area (Å²) in [6.07, 6.45) is 5.06. The second kappa shape index (κ2) is 7.90. The lowest BCUT2D eigenvalue weighted by Gasteiger charge is -2.13. The first kappa shape index (κ1) is 19.5. The van der Waals surface area contributed by atoms with Crippen molar-refractivity contribution in [1.82, 2.24) is 19.7 Å². The second-order valence-corrected chi connectivity index (χ2v) is 7.58. The second-order valence-electron chi connectivity index (χ2n) is 7.58. The summed E-state index contributed by atoms with van der Waals surface area (Å²) in [6, 6.07) is 10.6. The molecule has 3 N–H and O–H groups in total. The maximum Gasteiger partial charge on any atom is 0.278 e. The van der Waals surface area contributed by atoms with Crippen LogP contribution < -0.4 is 21.2 Å². The Bertz CT molecular complexity index is 1300. The third-order valence-electron chi connectivity index (χ3n) is 4.84. The molecule has 8 heteroatoms. The van der Waals surface area contributed by atoms with E-state index in [0.29, 0.717) is 29.8 Å². The third-order valence-corrected chi connectivity index (χ3v) is 4.84. The Hall–Kier alpha value is -3.81. The number of carbonyl (C=O) groups is 1. The van der Waals surface area contributed by atoms with Gasteiger partial charge in [-0.1, -0.05) is 31.0 Å². The lowest BCUT2D eigenvalue weighted by atomic mass is 10.1. The molecule has 0 bridgehead atoms. The van der Waals surface area contributed by atoms with Crippen LogP contribution in [0, 0.1) is 5.92 Å². The average Bonchev–Trinajstić information content (AvgIpc) is 2.75. The molecule has 0 saturated carbocycles. The number of anilines is 1. The van der Waals surface area contributed by atoms with Crippen molar-refractivity contribution < 1.29 is 9.36 Å². The van der Waals surface area contributed by atoms with Crippen LogP contribution in [-0.2, 0) is 6.54 Å². The van der Waals surface area contributed by atoms with Crippen LogP contribution in [0.25, 0.3) is 16.7 Å². The van der Waals surface area contributed by atoms with Gasteiger partial charge in [0.15, 0.2) is 0 Å². The van der Waals surface area contributed by atoms with Gasteiger partial charge in [-0.2, -0.15) is 0 Å². The van der Waals surface area contributed by atoms with Crippen LogP contribution in [-0.4, -0.2) is 26.8 Å². The number of carbonyl (C=O) groups excluding carboxylic acids is 1. The summed E-state index contributed by atoms with van der Waals surface area (Å²) in [7, 11) is 0. The number of pyridine rings is 3. The molecule has 0 aliphatic carbocycles. The van der Waals surface area contributed by atoms with E-state index in [0.717, 1.165) is 5.56 Å². The van der Waals surface area contributed by atoms with E-state index in [-0.39, 0.29) is 28.8 Å². The van der Waals surface area contributed by atoms with Gasteiger partial charge in [0.25, 0.3) is 17.1 Å². The summed E-state index contributed by atoms with van der Waals surface area (Å²) < 4.78 is 3.16. The Morgan fingerprint density at radius 2 is 2.10 bits per heavy atom. The van der Waals surface area contributed by atoms with Crippen LogP contribution in [0.15, 0.2) is 59.8 Å². The summed E-state index contributed by atoms with van der Waals surface area (Å²) in [4.78, 5) is 34.8. The molecule has 0 radical (unpaired) electrons. The number of fused-ring (bicyclic) bond motifs is 2. The van der Waals surface area contributed by atoms with Crippen LogP contribution >= 0.6 is 0 Å². The third kappa shape index (κ3) is 3.59. The number of nitrogens with one attached hydrogen (secondary N) is 1. The van der Waals surface area contributed by atoms with E-state index in [9.17, 15) is 9.59 Å². The molecule has 8 nitrogen and oxygen atoms in total. The largest absolute Gasteiger partial charge is 0.352 e. The number of aromatic nitrogens is 4. The van der Waals surface area contributed by atoms with Gasteiger partial charge >= 0.3 is 0 Å². The van der Waals surface area contributed by atoms with Crippen molar-refractivity contribution in [3.8, 4) is 0 Å². The fraction of sp³-hybridized carbons (Fsp3) is 0.227. The highest BCUT2D eigenvalue weighted by Crippen LogP contribution is 2.15. The molecule has 1 amide bonds. The van der Waals surface area contributed by atoms with E-state index >= 15 is 0 Å². The average molecular weight is 403 g/mol. The molecule has 0 aromatic carbocycles. The van der Waals surface area contributed by atoms with E-state index in [1.165, 1.54) is 10.5 Å². The Kier molecular flexibility index (Phi) is 5.14. The van der Waals surface area contributed by atoms with Gasteiger partial charge in [-0.15, -0.1) is 0 Å². The van der Waals surface area contributed by atoms with Gasteiger partial charge in [-0.3, -0.25) is 19.0 Å². The molecule has 0 saturated heterocycles. The maximum absolute atomic E-state index is 13.2. The van der Waals surface area contributed by atoms with Crippen molar-refractivity contribution in [3.05, 3.63) is 76.5 Å². The predicted octanol–water partition coefficient (Wildman–Crippen LogP) is 1.55. The lowest BCUT2D eigenvalue weighted by molar-refractivity contribution is -0.649. The monoisotopic (exact) mass is 403 g/mol. The molecular formula is C22H23N6O2+. The molecular weight excluding hydrogens is 380 g/mol. The normalized spacial score (nSPS) is 11.3. The zero-order valence-electron chi connectivity index (χ0n) is 16.9. The van der Waals surface area contributed by atoms with Crippen molar-refractivity contribution in [1.29, 1.82) is 0 Å². The molecule has 4 aromatic heterocycles. The van der Waals surface area contributed by atoms with Crippen molar-refractivity contribution in [2.24, 2.45) is 5.92 Å². The number of nitrogens with zero attached hydrogens (tertiary/aromatic N) is 4. The van der Waals surface area contributed by atoms with Crippen molar-refractivity contribution >= 4 is 28.4 Å². The Labute approximate surface area is 173 Å². The van der Waals surface area contributed by atoms with E-state index in [2.05, 4.69) is 15.3 Å². The van der Waals surface area contributed by atoms with Crippen molar-refractivity contribution in [2.45, 2.75) is 20.4 Å². The molecule has 0 spiro atoms. The molecule has 152 valence electrons. The van der Waals surface area contributed by atoms with Crippen LogP contribution in [0.5, 0.6) is 0 Å². The van der Waals surface area contributed by atoms with Crippen LogP contribution in [0.4, 0.5) is 5.82 Å². The first-order chi connectivity index (χ1) is 14.5. The number of amides is 1. The summed E-state index contributed by atoms with van der Waals surface area (Å²) in [5.74, 6) is 0.217. The summed E-state index contributed by atoms with van der Waals surface area (Å²) >= 11 is 0. The number of nitrogen functional groups attached to an aromatic ring is 1. The fourth-order valence-electron chi connectivity index (χ4n) is 3.31. The standard InChI is InChI=1S/C22H22N6O2/c1-14(2)11-25-21(29)16-10-17-20(26-18-7-3-4-9-27(18)22(17)30)28(19(16)23)13-15-6-5-8-24-12-15/h3-10,12,14,23H,11,13H2,1-2H3,(H,25,29)/p+1. The lowest BCUT2D eigenvalue weighted by Crippen LogP contribution is -2.43. The Morgan fingerprint density at radius 3 is 2.83 bits per heavy atom. The fourth-order valence-corrected chi connectivity index (χ4v) is 3.31. The number of nitrogens with two attached hydrogens (primary N) is 1. The molecule has 0 atom stereocenters. The van der Waals surface area contributed by atoms with Gasteiger partial charge in [0.2, 0.25) is 11.5 Å². The molecule has 4 rings (SSSR count). The number of hydrogen-bond acceptors (Lipinski definition) is 5. The van der Waals surface area contributed by atoms with Crippen molar-refractivity contribution in [2.75, 3.05) is 12.3 Å². The minimum Gasteiger partial charge on any atom is -0.352 e. The first-order valence-corrected chi connectivity index (χ1v) is 9.76. The number of rotatable bonds is 5. The van der Waals surface area contributed by atoms with Crippen LogP contribution in [0.3, 0.4) is 0 Å². The minimum atomic E-state index is -0.319. The highest BCUT2D eigenvalue weighted by molar-refractivity contribution is 6.00. The highest BCUT2D eigenvalue weighted by atomic mass is 16.1. The molecule has 4 heterocycles. The zero-order chi connectivity index (χ0) is 21.3. The van der Waals surface area contributed by atoms with Gasteiger partial charge in [-0.05, 0) is 30.2 Å². The SMILES string of the molecule is CC(C)CNC(=O)c1cc2c(=O)n3ccccc3nc2[n+](Cc2cccnc2)c1N. The predicted molar refractivity (Wildman–Crippen MR) is 114 cm³/mol. The van der Waals surface area contributed by atoms with Gasteiger partial charge in [0, 0.05) is 30.7 Å². The molecule has 0 aliphatic heterocycles. The molecule has 30 heavy (non-hydrogen) atoms. The van der Waals surface area contributed by atoms with Crippen molar-refractivity contribution in [3.63, 3.8) is 0 Å². The van der Waals surface area contributed by atoms with Crippen LogP contribution in [0.1, 0.15) is 29.8 Å². The van der Waals surface area contributed by atoms with Gasteiger partial charge in [0.1, 0.15) is 10.9 Å². The quantitative estimate of drug-likeness (QED) is 0.388. The van der Waals surface area contributed by atoms with E-state index < -0.39 is 0 Å². The Balaban J connectivity index is 1.98. The van der Waals surface area contributed by atoms with E-state index in [1.807, 2.05) is 32.0 Å². The maximum atomic E-state index is 13.2. The first-order valence-electron chi connectivity index (χ1n) is 9.76. The molecule has 0 aliphatic rings. The topological polar surface area (TPSA) is 106 Å². The van der Waals surface area contributed by atoms with Gasteiger partial charge in [0.05, 0.1) is 6.54 Å².